The van der Waals surface area contributed by atoms with Crippen molar-refractivity contribution in [1.82, 2.24) is 0 Å². The van der Waals surface area contributed by atoms with Gasteiger partial charge in [-0.05, 0) is 35.3 Å². The monoisotopic (exact) mass is 239 g/mol. The van der Waals surface area contributed by atoms with E-state index in [9.17, 15) is 0 Å². The highest BCUT2D eigenvalue weighted by Crippen LogP contribution is 2.42. The van der Waals surface area contributed by atoms with Crippen molar-refractivity contribution >= 4 is 22.7 Å². The number of rotatable bonds is 1. The molecule has 0 unspecified atom stereocenters. The van der Waals surface area contributed by atoms with E-state index in [0.717, 1.165) is 5.02 Å². The number of hydrogen-bond acceptors (Lipinski definition) is 0. The van der Waals surface area contributed by atoms with E-state index in [0.29, 0.717) is 0 Å². The predicted octanol–water partition coefficient (Wildman–Crippen LogP) is 4.84. The van der Waals surface area contributed by atoms with Gasteiger partial charge in [0.05, 0.1) is 0 Å². The predicted molar refractivity (Wildman–Crippen MR) is 73.8 cm³/mol. The second kappa shape index (κ2) is 4.05. The van der Waals surface area contributed by atoms with Crippen molar-refractivity contribution in [3.8, 4) is 0 Å². The van der Waals surface area contributed by atoms with Crippen LogP contribution in [0.15, 0.2) is 48.5 Å². The van der Waals surface area contributed by atoms with Crippen molar-refractivity contribution in [3.05, 3.63) is 76.7 Å². The van der Waals surface area contributed by atoms with E-state index in [1.165, 1.54) is 27.8 Å². The molecular weight excluding hydrogens is 228 g/mol. The fourth-order valence-corrected chi connectivity index (χ4v) is 2.70. The SMILES string of the molecule is CC1=C(c2ccccc2)[CH]c2cccc(Cl)c21. The molecule has 0 heterocycles. The highest BCUT2D eigenvalue weighted by molar-refractivity contribution is 6.33. The lowest BCUT2D eigenvalue weighted by Crippen LogP contribution is -1.82. The van der Waals surface area contributed by atoms with E-state index in [1.54, 1.807) is 0 Å². The Morgan fingerprint density at radius 3 is 2.35 bits per heavy atom. The summed E-state index contributed by atoms with van der Waals surface area (Å²) in [5.41, 5.74) is 6.17. The van der Waals surface area contributed by atoms with Gasteiger partial charge in [0.15, 0.2) is 0 Å². The van der Waals surface area contributed by atoms with Crippen LogP contribution >= 0.6 is 11.6 Å². The van der Waals surface area contributed by atoms with Gasteiger partial charge in [0.2, 0.25) is 0 Å². The molecule has 0 atom stereocenters. The Bertz CT molecular complexity index is 594. The Labute approximate surface area is 107 Å². The van der Waals surface area contributed by atoms with E-state index in [2.05, 4.69) is 43.7 Å². The lowest BCUT2D eigenvalue weighted by atomic mass is 10.0. The van der Waals surface area contributed by atoms with Crippen molar-refractivity contribution in [2.24, 2.45) is 0 Å². The molecule has 2 aromatic rings. The van der Waals surface area contributed by atoms with Crippen LogP contribution in [0, 0.1) is 6.42 Å². The molecule has 0 spiro atoms. The lowest BCUT2D eigenvalue weighted by molar-refractivity contribution is 1.52. The fourth-order valence-electron chi connectivity index (χ4n) is 2.37. The van der Waals surface area contributed by atoms with Crippen LogP contribution in [0.25, 0.3) is 11.1 Å². The highest BCUT2D eigenvalue weighted by atomic mass is 35.5. The third kappa shape index (κ3) is 1.69. The Morgan fingerprint density at radius 1 is 0.882 bits per heavy atom. The molecule has 3 rings (SSSR count). The van der Waals surface area contributed by atoms with Gasteiger partial charge in [-0.25, -0.2) is 0 Å². The molecule has 0 N–H and O–H groups in total. The average Bonchev–Trinajstić information content (AvgIpc) is 2.69. The molecule has 0 saturated heterocycles. The van der Waals surface area contributed by atoms with Gasteiger partial charge in [-0.15, -0.1) is 0 Å². The van der Waals surface area contributed by atoms with Gasteiger partial charge >= 0.3 is 0 Å². The van der Waals surface area contributed by atoms with Crippen LogP contribution in [0.4, 0.5) is 0 Å². The number of fused-ring (bicyclic) bond motifs is 1. The number of allylic oxidation sites excluding steroid dienone is 2. The third-order valence-corrected chi connectivity index (χ3v) is 3.52. The largest absolute Gasteiger partial charge is 0.0837 e. The molecule has 0 saturated carbocycles. The van der Waals surface area contributed by atoms with Gasteiger partial charge in [0, 0.05) is 17.0 Å². The Hall–Kier alpha value is -1.53. The first-order valence-corrected chi connectivity index (χ1v) is 6.05. The summed E-state index contributed by atoms with van der Waals surface area (Å²) in [5.74, 6) is 0. The zero-order chi connectivity index (χ0) is 11.8. The second-order valence-electron chi connectivity index (χ2n) is 4.25. The molecule has 0 amide bonds. The fraction of sp³-hybridized carbons (Fsp3) is 0.0625. The summed E-state index contributed by atoms with van der Waals surface area (Å²) < 4.78 is 0. The normalized spacial score (nSPS) is 14.0. The number of hydrogen-bond donors (Lipinski definition) is 0. The zero-order valence-electron chi connectivity index (χ0n) is 9.57. The molecule has 2 aromatic carbocycles. The van der Waals surface area contributed by atoms with Crippen LogP contribution in [0.5, 0.6) is 0 Å². The van der Waals surface area contributed by atoms with Crippen molar-refractivity contribution in [1.29, 1.82) is 0 Å². The van der Waals surface area contributed by atoms with E-state index < -0.39 is 0 Å². The summed E-state index contributed by atoms with van der Waals surface area (Å²) in [5, 5.41) is 0.835. The second-order valence-corrected chi connectivity index (χ2v) is 4.66. The van der Waals surface area contributed by atoms with E-state index in [4.69, 9.17) is 11.6 Å². The van der Waals surface area contributed by atoms with Crippen molar-refractivity contribution < 1.29 is 0 Å². The molecule has 1 radical (unpaired) electrons. The third-order valence-electron chi connectivity index (χ3n) is 3.21. The number of halogens is 1. The molecule has 83 valence electrons. The molecule has 1 aliphatic rings. The lowest BCUT2D eigenvalue weighted by Gasteiger charge is -2.04. The Kier molecular flexibility index (Phi) is 2.53. The van der Waals surface area contributed by atoms with Crippen molar-refractivity contribution in [2.45, 2.75) is 6.92 Å². The van der Waals surface area contributed by atoms with Gasteiger partial charge in [-0.2, -0.15) is 0 Å². The maximum Gasteiger partial charge on any atom is 0.0484 e. The molecular formula is C16H12Cl. The standard InChI is InChI=1S/C16H12Cl/c1-11-14(12-6-3-2-4-7-12)10-13-8-5-9-15(17)16(11)13/h2-10H,1H3. The molecule has 0 aliphatic heterocycles. The first-order chi connectivity index (χ1) is 8.27. The smallest absolute Gasteiger partial charge is 0.0484 e. The highest BCUT2D eigenvalue weighted by Gasteiger charge is 2.21. The molecule has 0 bridgehead atoms. The van der Waals surface area contributed by atoms with E-state index in [-0.39, 0.29) is 0 Å². The molecule has 1 heteroatoms. The van der Waals surface area contributed by atoms with Crippen LogP contribution in [-0.4, -0.2) is 0 Å². The minimum Gasteiger partial charge on any atom is -0.0837 e. The average molecular weight is 240 g/mol. The first kappa shape index (κ1) is 10.6. The van der Waals surface area contributed by atoms with Gasteiger partial charge in [0.25, 0.3) is 0 Å². The maximum absolute atomic E-state index is 6.26. The molecule has 1 aliphatic carbocycles. The minimum absolute atomic E-state index is 0.835. The first-order valence-electron chi connectivity index (χ1n) is 5.67. The van der Waals surface area contributed by atoms with E-state index in [1.807, 2.05) is 18.2 Å². The van der Waals surface area contributed by atoms with Gasteiger partial charge in [-0.3, -0.25) is 0 Å². The summed E-state index contributed by atoms with van der Waals surface area (Å²) >= 11 is 6.26. The zero-order valence-corrected chi connectivity index (χ0v) is 10.3. The summed E-state index contributed by atoms with van der Waals surface area (Å²) in [6, 6.07) is 16.5. The quantitative estimate of drug-likeness (QED) is 0.668. The molecule has 0 fully saturated rings. The van der Waals surface area contributed by atoms with Crippen LogP contribution < -0.4 is 0 Å². The van der Waals surface area contributed by atoms with Crippen LogP contribution in [-0.2, 0) is 0 Å². The summed E-state index contributed by atoms with van der Waals surface area (Å²) in [6.07, 6.45) is 2.21. The van der Waals surface area contributed by atoms with Crippen LogP contribution in [0.3, 0.4) is 0 Å². The topological polar surface area (TPSA) is 0 Å². The van der Waals surface area contributed by atoms with Crippen LogP contribution in [0.1, 0.15) is 23.6 Å². The van der Waals surface area contributed by atoms with Gasteiger partial charge < -0.3 is 0 Å². The summed E-state index contributed by atoms with van der Waals surface area (Å²) in [4.78, 5) is 0. The van der Waals surface area contributed by atoms with E-state index >= 15 is 0 Å². The van der Waals surface area contributed by atoms with Crippen molar-refractivity contribution in [3.63, 3.8) is 0 Å². The van der Waals surface area contributed by atoms with Gasteiger partial charge in [0.1, 0.15) is 0 Å². The minimum atomic E-state index is 0.835. The maximum atomic E-state index is 6.26. The molecule has 0 nitrogen and oxygen atoms in total. The summed E-state index contributed by atoms with van der Waals surface area (Å²) in [7, 11) is 0. The van der Waals surface area contributed by atoms with Crippen molar-refractivity contribution in [2.75, 3.05) is 0 Å². The Morgan fingerprint density at radius 2 is 1.65 bits per heavy atom. The van der Waals surface area contributed by atoms with Crippen LogP contribution in [0.2, 0.25) is 5.02 Å². The van der Waals surface area contributed by atoms with Gasteiger partial charge in [-0.1, -0.05) is 54.1 Å². The summed E-state index contributed by atoms with van der Waals surface area (Å²) in [6.45, 7) is 2.14. The Balaban J connectivity index is 2.15. The number of benzene rings is 2. The molecule has 0 aromatic heterocycles. The molecule has 17 heavy (non-hydrogen) atoms.